The van der Waals surface area contributed by atoms with E-state index in [-0.39, 0.29) is 12.5 Å². The first-order valence-electron chi connectivity index (χ1n) is 8.67. The topological polar surface area (TPSA) is 58.8 Å². The second kappa shape index (κ2) is 8.17. The molecular formula is C23H19N3O. The molecule has 4 heteroatoms. The number of rotatable bonds is 5. The van der Waals surface area contributed by atoms with Crippen molar-refractivity contribution in [3.05, 3.63) is 65.9 Å². The molecule has 0 fully saturated rings. The molecule has 4 nitrogen and oxygen atoms in total. The van der Waals surface area contributed by atoms with E-state index in [9.17, 15) is 5.26 Å². The van der Waals surface area contributed by atoms with Crippen molar-refractivity contribution in [2.24, 2.45) is 0 Å². The largest absolute Gasteiger partial charge is 0.464 e. The maximum absolute atomic E-state index is 9.73. The zero-order valence-corrected chi connectivity index (χ0v) is 15.3. The molecule has 0 radical (unpaired) electrons. The Morgan fingerprint density at radius 2 is 1.89 bits per heavy atom. The van der Waals surface area contributed by atoms with Gasteiger partial charge in [0, 0.05) is 11.8 Å². The molecule has 0 aliphatic heterocycles. The van der Waals surface area contributed by atoms with Gasteiger partial charge in [-0.1, -0.05) is 50.1 Å². The number of nitrogens with zero attached hydrogens (tertiary/aromatic N) is 3. The zero-order chi connectivity index (χ0) is 19.2. The summed E-state index contributed by atoms with van der Waals surface area (Å²) >= 11 is 0. The fourth-order valence-corrected chi connectivity index (χ4v) is 2.76. The second-order valence-electron chi connectivity index (χ2n) is 6.33. The molecule has 0 aliphatic carbocycles. The number of ether oxygens (including phenoxy) is 1. The summed E-state index contributed by atoms with van der Waals surface area (Å²) < 4.78 is 5.57. The molecule has 0 amide bonds. The van der Waals surface area contributed by atoms with Crippen LogP contribution in [0, 0.1) is 23.7 Å². The van der Waals surface area contributed by atoms with E-state index in [1.807, 2.05) is 36.4 Å². The van der Waals surface area contributed by atoms with Crippen LogP contribution in [-0.2, 0) is 0 Å². The first-order chi connectivity index (χ1) is 13.1. The van der Waals surface area contributed by atoms with Crippen molar-refractivity contribution in [1.29, 1.82) is 5.26 Å². The van der Waals surface area contributed by atoms with Gasteiger partial charge in [0.25, 0.3) is 0 Å². The van der Waals surface area contributed by atoms with Crippen LogP contribution in [0.4, 0.5) is 0 Å². The minimum Gasteiger partial charge on any atom is -0.464 e. The zero-order valence-electron chi connectivity index (χ0n) is 15.3. The molecule has 3 aromatic rings. The minimum atomic E-state index is 0.0408. The average Bonchev–Trinajstić information content (AvgIpc) is 2.72. The van der Waals surface area contributed by atoms with Gasteiger partial charge in [0.05, 0.1) is 11.4 Å². The Morgan fingerprint density at radius 1 is 1.11 bits per heavy atom. The normalized spacial score (nSPS) is 10.3. The van der Waals surface area contributed by atoms with Crippen LogP contribution in [0.3, 0.4) is 0 Å². The summed E-state index contributed by atoms with van der Waals surface area (Å²) in [6.45, 7) is 4.33. The Morgan fingerprint density at radius 3 is 2.48 bits per heavy atom. The van der Waals surface area contributed by atoms with Gasteiger partial charge in [0.2, 0.25) is 5.88 Å². The third-order valence-electron chi connectivity index (χ3n) is 4.21. The third kappa shape index (κ3) is 3.97. The van der Waals surface area contributed by atoms with Gasteiger partial charge in [-0.3, -0.25) is 4.98 Å². The molecule has 0 saturated heterocycles. The van der Waals surface area contributed by atoms with E-state index in [2.05, 4.69) is 47.9 Å². The monoisotopic (exact) mass is 353 g/mol. The van der Waals surface area contributed by atoms with Gasteiger partial charge in [0.1, 0.15) is 11.6 Å². The molecule has 0 N–H and O–H groups in total. The fourth-order valence-electron chi connectivity index (χ4n) is 2.76. The van der Waals surface area contributed by atoms with E-state index in [1.54, 1.807) is 6.20 Å². The number of hydrogen-bond acceptors (Lipinski definition) is 4. The Labute approximate surface area is 159 Å². The van der Waals surface area contributed by atoms with Crippen LogP contribution >= 0.6 is 0 Å². The molecule has 0 unspecified atom stereocenters. The van der Waals surface area contributed by atoms with Crippen molar-refractivity contribution in [3.63, 3.8) is 0 Å². The Hall–Kier alpha value is -3.63. The van der Waals surface area contributed by atoms with Crippen molar-refractivity contribution in [3.8, 4) is 46.8 Å². The van der Waals surface area contributed by atoms with Gasteiger partial charge in [0.15, 0.2) is 6.61 Å². The summed E-state index contributed by atoms with van der Waals surface area (Å²) in [6.07, 6.45) is 7.02. The lowest BCUT2D eigenvalue weighted by Gasteiger charge is -2.13. The van der Waals surface area contributed by atoms with Crippen LogP contribution in [0.2, 0.25) is 0 Å². The molecule has 132 valence electrons. The van der Waals surface area contributed by atoms with Crippen molar-refractivity contribution < 1.29 is 4.74 Å². The summed E-state index contributed by atoms with van der Waals surface area (Å²) in [7, 11) is 0. The summed E-state index contributed by atoms with van der Waals surface area (Å²) in [5, 5.41) is 9.73. The highest BCUT2D eigenvalue weighted by Gasteiger charge is 2.17. The molecule has 2 aromatic heterocycles. The number of pyridine rings is 2. The lowest BCUT2D eigenvalue weighted by atomic mass is 9.96. The molecule has 0 atom stereocenters. The fraction of sp³-hybridized carbons (Fsp3) is 0.174. The number of aromatic nitrogens is 2. The highest BCUT2D eigenvalue weighted by Crippen LogP contribution is 2.33. The summed E-state index contributed by atoms with van der Waals surface area (Å²) in [6, 6.07) is 17.9. The van der Waals surface area contributed by atoms with Crippen molar-refractivity contribution >= 4 is 0 Å². The van der Waals surface area contributed by atoms with Crippen LogP contribution in [0.5, 0.6) is 5.88 Å². The Bertz CT molecular complexity index is 1010. The van der Waals surface area contributed by atoms with Crippen molar-refractivity contribution in [1.82, 2.24) is 9.97 Å². The van der Waals surface area contributed by atoms with Crippen LogP contribution in [0.15, 0.2) is 54.7 Å². The molecule has 27 heavy (non-hydrogen) atoms. The molecule has 0 saturated carbocycles. The molecule has 0 aliphatic rings. The predicted molar refractivity (Wildman–Crippen MR) is 106 cm³/mol. The van der Waals surface area contributed by atoms with E-state index in [1.165, 1.54) is 5.56 Å². The van der Waals surface area contributed by atoms with Gasteiger partial charge in [-0.05, 0) is 35.2 Å². The van der Waals surface area contributed by atoms with Crippen molar-refractivity contribution in [2.75, 3.05) is 6.61 Å². The number of nitriles is 1. The third-order valence-corrected chi connectivity index (χ3v) is 4.21. The maximum atomic E-state index is 9.73. The highest BCUT2D eigenvalue weighted by molar-refractivity contribution is 5.77. The minimum absolute atomic E-state index is 0.0408. The molecule has 2 heterocycles. The van der Waals surface area contributed by atoms with Gasteiger partial charge in [-0.25, -0.2) is 4.98 Å². The number of terminal acetylenes is 1. The first kappa shape index (κ1) is 18.2. The summed E-state index contributed by atoms with van der Waals surface area (Å²) in [4.78, 5) is 8.84. The van der Waals surface area contributed by atoms with Crippen LogP contribution in [-0.4, -0.2) is 16.6 Å². The molecule has 3 rings (SSSR count). The summed E-state index contributed by atoms with van der Waals surface area (Å²) in [5.74, 6) is 3.08. The maximum Gasteiger partial charge on any atom is 0.233 e. The van der Waals surface area contributed by atoms with Crippen LogP contribution in [0.1, 0.15) is 30.9 Å². The second-order valence-corrected chi connectivity index (χ2v) is 6.33. The average molecular weight is 353 g/mol. The number of benzene rings is 1. The van der Waals surface area contributed by atoms with Gasteiger partial charge >= 0.3 is 0 Å². The van der Waals surface area contributed by atoms with E-state index in [0.717, 1.165) is 11.1 Å². The van der Waals surface area contributed by atoms with Crippen LogP contribution in [0.25, 0.3) is 22.5 Å². The van der Waals surface area contributed by atoms with E-state index in [0.29, 0.717) is 22.9 Å². The standard InChI is InChI=1S/C23H19N3O/c1-4-13-27-23-20(15-24)19(18-10-8-17(9-11-18)16(2)3)14-22(26-23)21-7-5-6-12-25-21/h1,5-12,14,16H,13H2,2-3H3. The molecule has 0 bridgehead atoms. The summed E-state index contributed by atoms with van der Waals surface area (Å²) in [5.41, 5.74) is 4.59. The molecular weight excluding hydrogens is 334 g/mol. The van der Waals surface area contributed by atoms with E-state index in [4.69, 9.17) is 11.2 Å². The first-order valence-corrected chi connectivity index (χ1v) is 8.67. The lowest BCUT2D eigenvalue weighted by Crippen LogP contribution is -2.02. The highest BCUT2D eigenvalue weighted by atomic mass is 16.5. The van der Waals surface area contributed by atoms with Crippen LogP contribution < -0.4 is 4.74 Å². The molecule has 1 aromatic carbocycles. The smallest absolute Gasteiger partial charge is 0.233 e. The van der Waals surface area contributed by atoms with Gasteiger partial charge in [-0.2, -0.15) is 5.26 Å². The number of hydrogen-bond donors (Lipinski definition) is 0. The Balaban J connectivity index is 2.18. The van der Waals surface area contributed by atoms with E-state index < -0.39 is 0 Å². The van der Waals surface area contributed by atoms with Gasteiger partial charge < -0.3 is 4.74 Å². The lowest BCUT2D eigenvalue weighted by molar-refractivity contribution is 0.355. The van der Waals surface area contributed by atoms with Gasteiger partial charge in [-0.15, -0.1) is 6.42 Å². The molecule has 0 spiro atoms. The Kier molecular flexibility index (Phi) is 5.50. The predicted octanol–water partition coefficient (Wildman–Crippen LogP) is 4.82. The van der Waals surface area contributed by atoms with Crippen molar-refractivity contribution in [2.45, 2.75) is 19.8 Å². The SMILES string of the molecule is C#CCOc1nc(-c2ccccn2)cc(-c2ccc(C(C)C)cc2)c1C#N. The van der Waals surface area contributed by atoms with E-state index >= 15 is 0 Å². The quantitative estimate of drug-likeness (QED) is 0.617.